The molecule has 2 heterocycles. The van der Waals surface area contributed by atoms with E-state index in [-0.39, 0.29) is 5.91 Å². The second kappa shape index (κ2) is 11.7. The highest BCUT2D eigenvalue weighted by atomic mass is 32.2. The molecule has 39 heavy (non-hydrogen) atoms. The number of hydrogen-bond acceptors (Lipinski definition) is 4. The number of alkyl halides is 3. The average Bonchev–Trinajstić information content (AvgIpc) is 3.29. The molecule has 3 aromatic carbocycles. The summed E-state index contributed by atoms with van der Waals surface area (Å²) in [5.41, 5.74) is 4.18. The molecule has 0 bridgehead atoms. The lowest BCUT2D eigenvalue weighted by Gasteiger charge is -2.11. The molecule has 0 unspecified atom stereocenters. The third kappa shape index (κ3) is 6.67. The first-order valence-electron chi connectivity index (χ1n) is 12.4. The summed E-state index contributed by atoms with van der Waals surface area (Å²) in [7, 11) is 0. The van der Waals surface area contributed by atoms with Crippen LogP contribution < -0.4 is 5.32 Å². The van der Waals surface area contributed by atoms with Gasteiger partial charge in [0.1, 0.15) is 0 Å². The van der Waals surface area contributed by atoms with E-state index in [1.807, 2.05) is 53.1 Å². The normalized spacial score (nSPS) is 11.6. The fourth-order valence-electron chi connectivity index (χ4n) is 4.21. The minimum absolute atomic E-state index is 0.132. The van der Waals surface area contributed by atoms with Crippen LogP contribution in [-0.2, 0) is 24.9 Å². The molecular formula is C30H25F3N4OS. The molecule has 198 valence electrons. The molecule has 0 spiro atoms. The molecule has 5 aromatic rings. The van der Waals surface area contributed by atoms with Crippen molar-refractivity contribution in [1.82, 2.24) is 19.9 Å². The minimum atomic E-state index is -4.38. The van der Waals surface area contributed by atoms with Gasteiger partial charge in [0.2, 0.25) is 0 Å². The lowest BCUT2D eigenvalue weighted by molar-refractivity contribution is -0.137. The van der Waals surface area contributed by atoms with E-state index < -0.39 is 11.7 Å². The van der Waals surface area contributed by atoms with Crippen LogP contribution in [0, 0.1) is 0 Å². The number of thioether (sulfide) groups is 1. The van der Waals surface area contributed by atoms with Gasteiger partial charge in [0.05, 0.1) is 29.3 Å². The van der Waals surface area contributed by atoms with E-state index in [0.717, 1.165) is 34.6 Å². The first kappa shape index (κ1) is 26.5. The smallest absolute Gasteiger partial charge is 0.352 e. The van der Waals surface area contributed by atoms with E-state index in [2.05, 4.69) is 10.3 Å². The Balaban J connectivity index is 1.28. The monoisotopic (exact) mass is 546 g/mol. The van der Waals surface area contributed by atoms with E-state index in [4.69, 9.17) is 4.98 Å². The van der Waals surface area contributed by atoms with Crippen molar-refractivity contribution in [3.8, 4) is 0 Å². The van der Waals surface area contributed by atoms with Crippen LogP contribution in [0.5, 0.6) is 0 Å². The molecule has 5 nitrogen and oxygen atoms in total. The number of carbonyl (C=O) groups is 1. The van der Waals surface area contributed by atoms with Crippen LogP contribution >= 0.6 is 11.8 Å². The van der Waals surface area contributed by atoms with Crippen molar-refractivity contribution >= 4 is 28.7 Å². The summed E-state index contributed by atoms with van der Waals surface area (Å²) in [6.45, 7) is 1.02. The van der Waals surface area contributed by atoms with Gasteiger partial charge in [-0.05, 0) is 47.4 Å². The Kier molecular flexibility index (Phi) is 7.97. The lowest BCUT2D eigenvalue weighted by atomic mass is 10.1. The fraction of sp³-hybridized carbons (Fsp3) is 0.167. The van der Waals surface area contributed by atoms with Crippen LogP contribution in [0.1, 0.15) is 32.6 Å². The number of rotatable bonds is 9. The maximum absolute atomic E-state index is 13.1. The van der Waals surface area contributed by atoms with Gasteiger partial charge in [0.15, 0.2) is 5.16 Å². The number of fused-ring (bicyclic) bond motifs is 1. The first-order valence-corrected chi connectivity index (χ1v) is 13.4. The van der Waals surface area contributed by atoms with E-state index in [0.29, 0.717) is 35.1 Å². The van der Waals surface area contributed by atoms with Crippen LogP contribution in [0.25, 0.3) is 11.0 Å². The maximum Gasteiger partial charge on any atom is 0.416 e. The lowest BCUT2D eigenvalue weighted by Crippen LogP contribution is -2.25. The van der Waals surface area contributed by atoms with E-state index in [1.165, 1.54) is 23.9 Å². The number of carbonyl (C=O) groups excluding carboxylic acids is 1. The van der Waals surface area contributed by atoms with Crippen molar-refractivity contribution < 1.29 is 18.0 Å². The summed E-state index contributed by atoms with van der Waals surface area (Å²) >= 11 is 1.37. The van der Waals surface area contributed by atoms with Crippen LogP contribution in [0.15, 0.2) is 102 Å². The van der Waals surface area contributed by atoms with E-state index >= 15 is 0 Å². The highest BCUT2D eigenvalue weighted by Crippen LogP contribution is 2.32. The Morgan fingerprint density at radius 2 is 1.67 bits per heavy atom. The standard InChI is InChI=1S/C30H25F3N4OS/c31-30(32,33)25-8-4-7-23(17-25)20-39-29-36-26-14-15-34-18-27(26)37(29)19-22-9-11-24(12-10-22)28(38)35-16-13-21-5-2-1-3-6-21/h1-12,14-15,17-18H,13,16,19-20H2,(H,35,38). The Morgan fingerprint density at radius 1 is 0.897 bits per heavy atom. The zero-order valence-corrected chi connectivity index (χ0v) is 21.7. The van der Waals surface area contributed by atoms with Gasteiger partial charge in [-0.15, -0.1) is 0 Å². The van der Waals surface area contributed by atoms with Gasteiger partial charge in [0, 0.05) is 24.1 Å². The topological polar surface area (TPSA) is 59.8 Å². The zero-order valence-electron chi connectivity index (χ0n) is 20.9. The molecule has 0 aliphatic carbocycles. The second-order valence-corrected chi connectivity index (χ2v) is 9.96. The summed E-state index contributed by atoms with van der Waals surface area (Å²) in [4.78, 5) is 21.5. The zero-order chi connectivity index (χ0) is 27.2. The van der Waals surface area contributed by atoms with Crippen molar-refractivity contribution in [2.75, 3.05) is 6.54 Å². The summed E-state index contributed by atoms with van der Waals surface area (Å²) in [6.07, 6.45) is -0.241. The predicted molar refractivity (Wildman–Crippen MR) is 147 cm³/mol. The molecule has 1 N–H and O–H groups in total. The van der Waals surface area contributed by atoms with Crippen LogP contribution in [-0.4, -0.2) is 27.0 Å². The van der Waals surface area contributed by atoms with Gasteiger partial charge in [-0.2, -0.15) is 13.2 Å². The summed E-state index contributed by atoms with van der Waals surface area (Å²) in [6, 6.07) is 24.5. The summed E-state index contributed by atoms with van der Waals surface area (Å²) < 4.78 is 41.4. The molecule has 1 amide bonds. The molecule has 0 atom stereocenters. The van der Waals surface area contributed by atoms with Gasteiger partial charge in [-0.3, -0.25) is 9.78 Å². The Morgan fingerprint density at radius 3 is 2.44 bits per heavy atom. The number of imidazole rings is 1. The van der Waals surface area contributed by atoms with Crippen LogP contribution in [0.3, 0.4) is 0 Å². The molecule has 9 heteroatoms. The number of nitrogens with one attached hydrogen (secondary N) is 1. The van der Waals surface area contributed by atoms with Gasteiger partial charge < -0.3 is 9.88 Å². The first-order chi connectivity index (χ1) is 18.9. The summed E-state index contributed by atoms with van der Waals surface area (Å²) in [5, 5.41) is 3.63. The van der Waals surface area contributed by atoms with Crippen molar-refractivity contribution in [3.63, 3.8) is 0 Å². The Bertz CT molecular complexity index is 1570. The molecule has 0 saturated carbocycles. The number of amides is 1. The molecule has 0 fully saturated rings. The molecule has 0 radical (unpaired) electrons. The van der Waals surface area contributed by atoms with Gasteiger partial charge in [0.25, 0.3) is 5.91 Å². The highest BCUT2D eigenvalue weighted by molar-refractivity contribution is 7.98. The SMILES string of the molecule is O=C(NCCc1ccccc1)c1ccc(Cn2c(SCc3cccc(C(F)(F)F)c3)nc3ccncc32)cc1. The number of benzene rings is 3. The second-order valence-electron chi connectivity index (χ2n) is 9.02. The highest BCUT2D eigenvalue weighted by Gasteiger charge is 2.30. The maximum atomic E-state index is 13.1. The van der Waals surface area contributed by atoms with E-state index in [9.17, 15) is 18.0 Å². The number of halogens is 3. The molecule has 5 rings (SSSR count). The summed E-state index contributed by atoms with van der Waals surface area (Å²) in [5.74, 6) is 0.204. The molecule has 0 saturated heterocycles. The van der Waals surface area contributed by atoms with E-state index in [1.54, 1.807) is 30.6 Å². The van der Waals surface area contributed by atoms with Crippen LogP contribution in [0.4, 0.5) is 13.2 Å². The van der Waals surface area contributed by atoms with Gasteiger partial charge >= 0.3 is 6.18 Å². The number of aromatic nitrogens is 3. The molecule has 2 aromatic heterocycles. The average molecular weight is 547 g/mol. The molecular weight excluding hydrogens is 521 g/mol. The largest absolute Gasteiger partial charge is 0.416 e. The van der Waals surface area contributed by atoms with Gasteiger partial charge in [-0.25, -0.2) is 4.98 Å². The number of hydrogen-bond donors (Lipinski definition) is 1. The predicted octanol–water partition coefficient (Wildman–Crippen LogP) is 6.76. The van der Waals surface area contributed by atoms with Crippen LogP contribution in [0.2, 0.25) is 0 Å². The molecule has 0 aliphatic rings. The Hall–Kier alpha value is -4.11. The number of pyridine rings is 1. The molecule has 0 aliphatic heterocycles. The third-order valence-corrected chi connectivity index (χ3v) is 7.28. The van der Waals surface area contributed by atoms with Crippen molar-refractivity contribution in [1.29, 1.82) is 0 Å². The quantitative estimate of drug-likeness (QED) is 0.208. The third-order valence-electron chi connectivity index (χ3n) is 6.24. The van der Waals surface area contributed by atoms with Crippen molar-refractivity contribution in [3.05, 3.63) is 125 Å². The van der Waals surface area contributed by atoms with Crippen molar-refractivity contribution in [2.24, 2.45) is 0 Å². The van der Waals surface area contributed by atoms with Gasteiger partial charge in [-0.1, -0.05) is 72.4 Å². The Labute approximate surface area is 228 Å². The fourth-order valence-corrected chi connectivity index (χ4v) is 5.16. The number of nitrogens with zero attached hydrogens (tertiary/aromatic N) is 3. The minimum Gasteiger partial charge on any atom is -0.352 e. The van der Waals surface area contributed by atoms with Crippen molar-refractivity contribution in [2.45, 2.75) is 30.1 Å².